The van der Waals surface area contributed by atoms with E-state index in [0.29, 0.717) is 18.0 Å². The molecule has 2 rings (SSSR count). The number of carbonyl (C=O) groups is 1. The Labute approximate surface area is 110 Å². The number of nitrogens with one attached hydrogen (secondary N) is 1. The predicted octanol–water partition coefficient (Wildman–Crippen LogP) is 1.70. The van der Waals surface area contributed by atoms with Crippen LogP contribution in [0.5, 0.6) is 0 Å². The van der Waals surface area contributed by atoms with Crippen LogP contribution in [0.15, 0.2) is 0 Å². The lowest BCUT2D eigenvalue weighted by atomic mass is 9.78. The molecule has 0 aromatic rings. The van der Waals surface area contributed by atoms with Gasteiger partial charge in [-0.25, -0.2) is 0 Å². The highest BCUT2D eigenvalue weighted by Gasteiger charge is 2.32. The van der Waals surface area contributed by atoms with Crippen LogP contribution in [0.3, 0.4) is 0 Å². The van der Waals surface area contributed by atoms with Crippen molar-refractivity contribution in [1.29, 1.82) is 0 Å². The quantitative estimate of drug-likeness (QED) is 0.757. The van der Waals surface area contributed by atoms with Gasteiger partial charge in [0.15, 0.2) is 0 Å². The highest BCUT2D eigenvalue weighted by Crippen LogP contribution is 2.33. The first-order valence-electron chi connectivity index (χ1n) is 7.23. The number of carboxylic acids is 1. The Balaban J connectivity index is 1.79. The molecule has 1 saturated carbocycles. The molecule has 0 aromatic heterocycles. The summed E-state index contributed by atoms with van der Waals surface area (Å²) < 4.78 is 0. The maximum Gasteiger partial charge on any atom is 0.322 e. The Morgan fingerprint density at radius 3 is 2.50 bits per heavy atom. The third-order valence-corrected chi connectivity index (χ3v) is 4.67. The van der Waals surface area contributed by atoms with Crippen molar-refractivity contribution in [2.75, 3.05) is 19.6 Å². The van der Waals surface area contributed by atoms with Gasteiger partial charge in [0.05, 0.1) is 0 Å². The molecule has 4 heteroatoms. The molecule has 0 spiro atoms. The molecule has 2 fully saturated rings. The highest BCUT2D eigenvalue weighted by molar-refractivity contribution is 5.73. The fourth-order valence-electron chi connectivity index (χ4n) is 2.62. The summed E-state index contributed by atoms with van der Waals surface area (Å²) in [6.07, 6.45) is 5.89. The first-order valence-corrected chi connectivity index (χ1v) is 7.23. The molecule has 0 bridgehead atoms. The van der Waals surface area contributed by atoms with Gasteiger partial charge in [-0.3, -0.25) is 4.79 Å². The van der Waals surface area contributed by atoms with Crippen LogP contribution in [-0.2, 0) is 4.79 Å². The molecule has 1 aliphatic heterocycles. The van der Waals surface area contributed by atoms with Crippen molar-refractivity contribution in [2.45, 2.75) is 58.0 Å². The Hall–Kier alpha value is -0.610. The van der Waals surface area contributed by atoms with E-state index in [1.807, 2.05) is 0 Å². The lowest BCUT2D eigenvalue weighted by molar-refractivity contribution is -0.140. The van der Waals surface area contributed by atoms with Crippen LogP contribution in [-0.4, -0.2) is 47.7 Å². The second kappa shape index (κ2) is 5.57. The monoisotopic (exact) mass is 254 g/mol. The molecule has 2 aliphatic rings. The van der Waals surface area contributed by atoms with E-state index in [1.54, 1.807) is 0 Å². The van der Waals surface area contributed by atoms with Gasteiger partial charge in [0.1, 0.15) is 6.04 Å². The van der Waals surface area contributed by atoms with E-state index in [1.165, 1.54) is 19.3 Å². The van der Waals surface area contributed by atoms with Crippen LogP contribution in [0.1, 0.15) is 46.0 Å². The maximum absolute atomic E-state index is 11.2. The van der Waals surface area contributed by atoms with E-state index in [2.05, 4.69) is 24.1 Å². The summed E-state index contributed by atoms with van der Waals surface area (Å²) in [5.41, 5.74) is 0.471. The van der Waals surface area contributed by atoms with Crippen LogP contribution < -0.4 is 5.32 Å². The molecule has 4 nitrogen and oxygen atoms in total. The third kappa shape index (κ3) is 3.69. The second-order valence-electron chi connectivity index (χ2n) is 6.30. The summed E-state index contributed by atoms with van der Waals surface area (Å²) >= 11 is 0. The van der Waals surface area contributed by atoms with Crippen LogP contribution in [0.2, 0.25) is 0 Å². The summed E-state index contributed by atoms with van der Waals surface area (Å²) in [6, 6.07) is 0.0697. The lowest BCUT2D eigenvalue weighted by Crippen LogP contribution is -2.50. The minimum atomic E-state index is -0.703. The van der Waals surface area contributed by atoms with Crippen LogP contribution in [0, 0.1) is 5.41 Å². The fourth-order valence-corrected chi connectivity index (χ4v) is 2.62. The van der Waals surface area contributed by atoms with Crippen molar-refractivity contribution >= 4 is 5.97 Å². The smallest absolute Gasteiger partial charge is 0.322 e. The Bertz CT molecular complexity index is 294. The van der Waals surface area contributed by atoms with E-state index in [0.717, 1.165) is 25.9 Å². The largest absolute Gasteiger partial charge is 0.480 e. The van der Waals surface area contributed by atoms with Gasteiger partial charge < -0.3 is 15.3 Å². The fraction of sp³-hybridized carbons (Fsp3) is 0.929. The molecular formula is C14H26N2O2. The number of nitrogens with zero attached hydrogens (tertiary/aromatic N) is 1. The molecule has 104 valence electrons. The average molecular weight is 254 g/mol. The van der Waals surface area contributed by atoms with E-state index < -0.39 is 5.97 Å². The van der Waals surface area contributed by atoms with E-state index >= 15 is 0 Å². The maximum atomic E-state index is 11.2. The van der Waals surface area contributed by atoms with Gasteiger partial charge in [0.25, 0.3) is 0 Å². The minimum Gasteiger partial charge on any atom is -0.480 e. The summed E-state index contributed by atoms with van der Waals surface area (Å²) in [4.78, 5) is 13.5. The van der Waals surface area contributed by atoms with Gasteiger partial charge in [-0.05, 0) is 44.2 Å². The van der Waals surface area contributed by atoms with Gasteiger partial charge in [0.2, 0.25) is 0 Å². The number of rotatable bonds is 6. The van der Waals surface area contributed by atoms with E-state index in [9.17, 15) is 9.90 Å². The van der Waals surface area contributed by atoms with Crippen molar-refractivity contribution < 1.29 is 9.90 Å². The normalized spacial score (nSPS) is 25.9. The molecule has 0 radical (unpaired) electrons. The third-order valence-electron chi connectivity index (χ3n) is 4.67. The first-order chi connectivity index (χ1) is 8.52. The molecule has 1 saturated heterocycles. The molecule has 0 aromatic carbocycles. The zero-order chi connectivity index (χ0) is 13.2. The Morgan fingerprint density at radius 2 is 2.06 bits per heavy atom. The molecule has 1 aliphatic carbocycles. The Kier molecular flexibility index (Phi) is 4.28. The summed E-state index contributed by atoms with van der Waals surface area (Å²) in [5.74, 6) is -0.703. The predicted molar refractivity (Wildman–Crippen MR) is 71.7 cm³/mol. The average Bonchev–Trinajstić information content (AvgIpc) is 3.15. The van der Waals surface area contributed by atoms with Crippen molar-refractivity contribution in [3.8, 4) is 0 Å². The van der Waals surface area contributed by atoms with Crippen molar-refractivity contribution in [1.82, 2.24) is 10.2 Å². The standard InChI is InChI=1S/C14H26N2O2/c1-3-14(2)6-8-16(9-7-14)10-12(13(17)18)15-11-4-5-11/h11-12,15H,3-10H2,1-2H3,(H,17,18). The van der Waals surface area contributed by atoms with Crippen LogP contribution >= 0.6 is 0 Å². The summed E-state index contributed by atoms with van der Waals surface area (Å²) in [5, 5.41) is 12.5. The van der Waals surface area contributed by atoms with Crippen molar-refractivity contribution in [3.05, 3.63) is 0 Å². The molecule has 0 amide bonds. The number of carboxylic acid groups (broad SMARTS) is 1. The minimum absolute atomic E-state index is 0.386. The second-order valence-corrected chi connectivity index (χ2v) is 6.30. The van der Waals surface area contributed by atoms with Gasteiger partial charge in [0, 0.05) is 12.6 Å². The molecule has 1 atom stereocenters. The molecule has 2 N–H and O–H groups in total. The first kappa shape index (κ1) is 13.8. The number of hydrogen-bond acceptors (Lipinski definition) is 3. The van der Waals surface area contributed by atoms with E-state index in [-0.39, 0.29) is 6.04 Å². The number of aliphatic carboxylic acids is 1. The van der Waals surface area contributed by atoms with Gasteiger partial charge >= 0.3 is 5.97 Å². The number of piperidine rings is 1. The molecule has 1 heterocycles. The molecular weight excluding hydrogens is 228 g/mol. The zero-order valence-corrected chi connectivity index (χ0v) is 11.6. The lowest BCUT2D eigenvalue weighted by Gasteiger charge is -2.39. The number of likely N-dealkylation sites (tertiary alicyclic amines) is 1. The van der Waals surface area contributed by atoms with Crippen molar-refractivity contribution in [2.24, 2.45) is 5.41 Å². The van der Waals surface area contributed by atoms with Gasteiger partial charge in [-0.2, -0.15) is 0 Å². The van der Waals surface area contributed by atoms with Crippen molar-refractivity contribution in [3.63, 3.8) is 0 Å². The SMILES string of the molecule is CCC1(C)CCN(CC(NC2CC2)C(=O)O)CC1. The Morgan fingerprint density at radius 1 is 1.44 bits per heavy atom. The number of hydrogen-bond donors (Lipinski definition) is 2. The highest BCUT2D eigenvalue weighted by atomic mass is 16.4. The molecule has 18 heavy (non-hydrogen) atoms. The zero-order valence-electron chi connectivity index (χ0n) is 11.6. The molecule has 1 unspecified atom stereocenters. The van der Waals surface area contributed by atoms with Gasteiger partial charge in [-0.1, -0.05) is 20.3 Å². The topological polar surface area (TPSA) is 52.6 Å². The van der Waals surface area contributed by atoms with E-state index in [4.69, 9.17) is 0 Å². The van der Waals surface area contributed by atoms with Crippen LogP contribution in [0.4, 0.5) is 0 Å². The summed E-state index contributed by atoms with van der Waals surface area (Å²) in [7, 11) is 0. The van der Waals surface area contributed by atoms with Gasteiger partial charge in [-0.15, -0.1) is 0 Å². The summed E-state index contributed by atoms with van der Waals surface area (Å²) in [6.45, 7) is 7.35. The van der Waals surface area contributed by atoms with Crippen LogP contribution in [0.25, 0.3) is 0 Å².